The number of methoxy groups -OCH3 is 1. The van der Waals surface area contributed by atoms with Crippen LogP contribution in [0, 0.1) is 10.1 Å². The van der Waals surface area contributed by atoms with Crippen LogP contribution in [0.3, 0.4) is 0 Å². The van der Waals surface area contributed by atoms with Gasteiger partial charge >= 0.3 is 11.7 Å². The van der Waals surface area contributed by atoms with Crippen LogP contribution in [0.15, 0.2) is 6.07 Å². The summed E-state index contributed by atoms with van der Waals surface area (Å²) in [5.41, 5.74) is -1.47. The molecule has 10 heteroatoms. The molecule has 0 saturated heterocycles. The summed E-state index contributed by atoms with van der Waals surface area (Å²) in [5, 5.41) is 20.9. The van der Waals surface area contributed by atoms with Gasteiger partial charge in [-0.3, -0.25) is 19.8 Å². The van der Waals surface area contributed by atoms with Crippen LogP contribution in [-0.2, 0) is 0 Å². The molecule has 1 fully saturated rings. The Labute approximate surface area is 142 Å². The molecular weight excluding hydrogens is 342 g/mol. The first-order valence-corrected chi connectivity index (χ1v) is 7.37. The Morgan fingerprint density at radius 2 is 2.00 bits per heavy atom. The summed E-state index contributed by atoms with van der Waals surface area (Å²) < 4.78 is 4.80. The largest absolute Gasteiger partial charge is 0.499 e. The molecule has 24 heavy (non-hydrogen) atoms. The number of hydrogen-bond acceptors (Lipinski definition) is 6. The maximum absolute atomic E-state index is 12.6. The molecule has 3 amide bonds. The van der Waals surface area contributed by atoms with Gasteiger partial charge < -0.3 is 14.7 Å². The molecule has 9 nitrogen and oxygen atoms in total. The number of hydrogen-bond donors (Lipinski definition) is 1. The van der Waals surface area contributed by atoms with E-state index < -0.39 is 33.9 Å². The van der Waals surface area contributed by atoms with Gasteiger partial charge in [-0.15, -0.1) is 0 Å². The predicted octanol–water partition coefficient (Wildman–Crippen LogP) is 2.25. The summed E-state index contributed by atoms with van der Waals surface area (Å²) in [6.07, 6.45) is 1.68. The van der Waals surface area contributed by atoms with Gasteiger partial charge in [0, 0.05) is 26.2 Å². The molecule has 1 aliphatic carbocycles. The summed E-state index contributed by atoms with van der Waals surface area (Å²) >= 11 is 5.96. The van der Waals surface area contributed by atoms with E-state index in [1.54, 1.807) is 7.05 Å². The lowest BCUT2D eigenvalue weighted by molar-refractivity contribution is -0.386. The highest BCUT2D eigenvalue weighted by Gasteiger charge is 2.37. The molecule has 1 saturated carbocycles. The lowest BCUT2D eigenvalue weighted by atomic mass is 10.1. The number of phenolic OH excluding ortho intramolecular Hbond substituents is 1. The molecule has 1 aromatic carbocycles. The fourth-order valence-electron chi connectivity index (χ4n) is 2.25. The van der Waals surface area contributed by atoms with Gasteiger partial charge in [0.1, 0.15) is 5.56 Å². The van der Waals surface area contributed by atoms with Gasteiger partial charge in [-0.25, -0.2) is 4.79 Å². The number of nitro benzene ring substituents is 1. The molecule has 0 heterocycles. The van der Waals surface area contributed by atoms with Gasteiger partial charge in [-0.2, -0.15) is 0 Å². The van der Waals surface area contributed by atoms with Crippen LogP contribution in [-0.4, -0.2) is 59.0 Å². The van der Waals surface area contributed by atoms with Crippen molar-refractivity contribution in [2.45, 2.75) is 18.9 Å². The third-order valence-electron chi connectivity index (χ3n) is 3.80. The van der Waals surface area contributed by atoms with Crippen LogP contribution in [0.1, 0.15) is 23.2 Å². The maximum atomic E-state index is 12.6. The van der Waals surface area contributed by atoms with E-state index in [2.05, 4.69) is 0 Å². The summed E-state index contributed by atoms with van der Waals surface area (Å²) in [5.74, 6) is -2.05. The monoisotopic (exact) mass is 357 g/mol. The van der Waals surface area contributed by atoms with Crippen molar-refractivity contribution in [1.29, 1.82) is 0 Å². The van der Waals surface area contributed by atoms with Crippen molar-refractivity contribution in [3.63, 3.8) is 0 Å². The second-order valence-electron chi connectivity index (χ2n) is 5.38. The Hall–Kier alpha value is -2.55. The van der Waals surface area contributed by atoms with Crippen LogP contribution >= 0.6 is 11.6 Å². The van der Waals surface area contributed by atoms with Gasteiger partial charge in [0.15, 0.2) is 5.75 Å². The number of imide groups is 1. The highest BCUT2D eigenvalue weighted by atomic mass is 35.5. The number of urea groups is 1. The topological polar surface area (TPSA) is 113 Å². The number of halogens is 1. The number of carbonyl (C=O) groups excluding carboxylic acids is 2. The molecule has 1 aromatic rings. The number of aromatic hydroxyl groups is 1. The zero-order valence-corrected chi connectivity index (χ0v) is 14.0. The quantitative estimate of drug-likeness (QED) is 0.653. The number of benzene rings is 1. The van der Waals surface area contributed by atoms with Crippen molar-refractivity contribution in [1.82, 2.24) is 9.80 Å². The van der Waals surface area contributed by atoms with Crippen molar-refractivity contribution in [2.75, 3.05) is 21.2 Å². The van der Waals surface area contributed by atoms with Crippen molar-refractivity contribution in [3.8, 4) is 11.5 Å². The Bertz CT molecular complexity index is 719. The Morgan fingerprint density at radius 3 is 2.46 bits per heavy atom. The second kappa shape index (κ2) is 6.52. The summed E-state index contributed by atoms with van der Waals surface area (Å²) in [4.78, 5) is 37.3. The fourth-order valence-corrected chi connectivity index (χ4v) is 2.52. The van der Waals surface area contributed by atoms with Crippen LogP contribution in [0.5, 0.6) is 11.5 Å². The lowest BCUT2D eigenvalue weighted by Crippen LogP contribution is -2.43. The first-order valence-electron chi connectivity index (χ1n) is 6.99. The molecule has 0 spiro atoms. The van der Waals surface area contributed by atoms with Crippen molar-refractivity contribution >= 4 is 29.2 Å². The van der Waals surface area contributed by atoms with Gasteiger partial charge in [0.2, 0.25) is 5.75 Å². The van der Waals surface area contributed by atoms with E-state index >= 15 is 0 Å². The molecule has 130 valence electrons. The highest BCUT2D eigenvalue weighted by molar-refractivity contribution is 6.35. The number of amides is 3. The number of carbonyl (C=O) groups is 2. The average molecular weight is 358 g/mol. The Balaban J connectivity index is 2.46. The molecule has 0 aliphatic heterocycles. The third kappa shape index (κ3) is 3.07. The van der Waals surface area contributed by atoms with E-state index in [-0.39, 0.29) is 16.8 Å². The number of nitrogens with zero attached hydrogens (tertiary/aromatic N) is 3. The highest BCUT2D eigenvalue weighted by Crippen LogP contribution is 2.43. The summed E-state index contributed by atoms with van der Waals surface area (Å²) in [6, 6.07) is 0.533. The standard InChI is InChI=1S/C14H16ClN3O6/c1-16(7-4-5-7)14(21)17(2)13(20)10-8(15)6-9(24-3)12(19)11(10)18(22)23/h6-7,19H,4-5H2,1-3H3. The minimum Gasteiger partial charge on any atom is -0.499 e. The number of rotatable bonds is 4. The smallest absolute Gasteiger partial charge is 0.328 e. The minimum absolute atomic E-state index is 0.0578. The number of phenols is 1. The lowest BCUT2D eigenvalue weighted by Gasteiger charge is -2.23. The minimum atomic E-state index is -0.984. The van der Waals surface area contributed by atoms with Gasteiger partial charge in [0.05, 0.1) is 17.1 Å². The average Bonchev–Trinajstić information content (AvgIpc) is 3.37. The fraction of sp³-hybridized carbons (Fsp3) is 0.429. The van der Waals surface area contributed by atoms with Crippen LogP contribution in [0.4, 0.5) is 10.5 Å². The summed E-state index contributed by atoms with van der Waals surface area (Å²) in [7, 11) is 3.94. The molecule has 0 radical (unpaired) electrons. The van der Waals surface area contributed by atoms with Gasteiger partial charge in [-0.05, 0) is 12.8 Å². The van der Waals surface area contributed by atoms with E-state index in [4.69, 9.17) is 16.3 Å². The first kappa shape index (κ1) is 17.8. The molecule has 0 atom stereocenters. The van der Waals surface area contributed by atoms with E-state index in [1.165, 1.54) is 19.1 Å². The zero-order valence-electron chi connectivity index (χ0n) is 13.3. The van der Waals surface area contributed by atoms with Gasteiger partial charge in [-0.1, -0.05) is 11.6 Å². The molecule has 1 N–H and O–H groups in total. The number of ether oxygens (including phenoxy) is 1. The molecule has 1 aliphatic rings. The Morgan fingerprint density at radius 1 is 1.42 bits per heavy atom. The van der Waals surface area contributed by atoms with Crippen LogP contribution in [0.2, 0.25) is 5.02 Å². The predicted molar refractivity (Wildman–Crippen MR) is 84.6 cm³/mol. The van der Waals surface area contributed by atoms with Crippen molar-refractivity contribution < 1.29 is 24.4 Å². The van der Waals surface area contributed by atoms with Crippen LogP contribution < -0.4 is 4.74 Å². The first-order chi connectivity index (χ1) is 11.2. The number of nitro groups is 1. The van der Waals surface area contributed by atoms with E-state index in [9.17, 15) is 24.8 Å². The molecule has 0 aromatic heterocycles. The summed E-state index contributed by atoms with van der Waals surface area (Å²) in [6.45, 7) is 0. The van der Waals surface area contributed by atoms with Crippen molar-refractivity contribution in [2.24, 2.45) is 0 Å². The Kier molecular flexibility index (Phi) is 4.83. The van der Waals surface area contributed by atoms with E-state index in [0.29, 0.717) is 0 Å². The molecule has 0 unspecified atom stereocenters. The van der Waals surface area contributed by atoms with E-state index in [1.807, 2.05) is 0 Å². The molecular formula is C14H16ClN3O6. The zero-order chi connectivity index (χ0) is 18.2. The molecule has 0 bridgehead atoms. The normalized spacial score (nSPS) is 13.3. The third-order valence-corrected chi connectivity index (χ3v) is 4.09. The van der Waals surface area contributed by atoms with E-state index in [0.717, 1.165) is 23.8 Å². The van der Waals surface area contributed by atoms with Gasteiger partial charge in [0.25, 0.3) is 5.91 Å². The second-order valence-corrected chi connectivity index (χ2v) is 5.79. The van der Waals surface area contributed by atoms with Crippen LogP contribution in [0.25, 0.3) is 0 Å². The maximum Gasteiger partial charge on any atom is 0.328 e. The van der Waals surface area contributed by atoms with Crippen molar-refractivity contribution in [3.05, 3.63) is 26.8 Å². The molecule has 2 rings (SSSR count). The SMILES string of the molecule is COc1cc(Cl)c(C(=O)N(C)C(=O)N(C)C2CC2)c([N+](=O)[O-])c1O.